The van der Waals surface area contributed by atoms with Gasteiger partial charge in [-0.15, -0.1) is 0 Å². The van der Waals surface area contributed by atoms with E-state index in [1.807, 2.05) is 18.2 Å². The highest BCUT2D eigenvalue weighted by Gasteiger charge is 2.46. The van der Waals surface area contributed by atoms with E-state index in [0.717, 1.165) is 42.8 Å². The zero-order valence-electron chi connectivity index (χ0n) is 12.1. The van der Waals surface area contributed by atoms with Gasteiger partial charge < -0.3 is 10.2 Å². The van der Waals surface area contributed by atoms with Crippen molar-refractivity contribution in [2.24, 2.45) is 5.92 Å². The molecular weight excluding hydrogens is 284 g/mol. The Balaban J connectivity index is 1.56. The van der Waals surface area contributed by atoms with Gasteiger partial charge in [0.15, 0.2) is 0 Å². The van der Waals surface area contributed by atoms with Crippen LogP contribution in [0.2, 0.25) is 5.02 Å². The molecule has 0 radical (unpaired) electrons. The van der Waals surface area contributed by atoms with Crippen LogP contribution in [0, 0.1) is 5.92 Å². The first-order valence-corrected chi connectivity index (χ1v) is 8.43. The Labute approximate surface area is 130 Å². The molecule has 4 atom stereocenters. The van der Waals surface area contributed by atoms with Gasteiger partial charge in [0, 0.05) is 23.7 Å². The molecule has 3 fully saturated rings. The number of hydrogen-bond donors (Lipinski definition) is 1. The van der Waals surface area contributed by atoms with E-state index in [2.05, 4.69) is 16.3 Å². The van der Waals surface area contributed by atoms with Gasteiger partial charge in [0.25, 0.3) is 0 Å². The molecule has 1 N–H and O–H groups in total. The van der Waals surface area contributed by atoms with Crippen LogP contribution in [0.4, 0.5) is 0 Å². The second-order valence-electron chi connectivity index (χ2n) is 6.60. The third kappa shape index (κ3) is 2.27. The van der Waals surface area contributed by atoms with Gasteiger partial charge in [-0.2, -0.15) is 0 Å². The van der Waals surface area contributed by atoms with Crippen molar-refractivity contribution in [2.75, 3.05) is 6.54 Å². The number of likely N-dealkylation sites (tertiary alicyclic amines) is 1. The van der Waals surface area contributed by atoms with Crippen molar-refractivity contribution in [2.45, 2.75) is 50.2 Å². The predicted molar refractivity (Wildman–Crippen MR) is 83.2 cm³/mol. The van der Waals surface area contributed by atoms with Gasteiger partial charge in [-0.05, 0) is 43.7 Å². The van der Waals surface area contributed by atoms with E-state index >= 15 is 0 Å². The van der Waals surface area contributed by atoms with Gasteiger partial charge >= 0.3 is 0 Å². The summed E-state index contributed by atoms with van der Waals surface area (Å²) in [6, 6.07) is 9.12. The lowest BCUT2D eigenvalue weighted by Gasteiger charge is -2.30. The normalized spacial score (nSPS) is 34.6. The summed E-state index contributed by atoms with van der Waals surface area (Å²) in [6.07, 6.45) is 5.53. The Morgan fingerprint density at radius 2 is 2.10 bits per heavy atom. The number of rotatable bonds is 2. The smallest absolute Gasteiger partial charge is 0.227 e. The fourth-order valence-corrected chi connectivity index (χ4v) is 4.67. The first kappa shape index (κ1) is 13.6. The summed E-state index contributed by atoms with van der Waals surface area (Å²) in [6.45, 7) is 0.878. The molecule has 4 unspecified atom stereocenters. The summed E-state index contributed by atoms with van der Waals surface area (Å²) in [5.74, 6) is 0.531. The Morgan fingerprint density at radius 1 is 1.24 bits per heavy atom. The van der Waals surface area contributed by atoms with Gasteiger partial charge in [0.1, 0.15) is 0 Å². The number of benzene rings is 1. The first-order chi connectivity index (χ1) is 10.2. The Hall–Kier alpha value is -1.06. The minimum atomic E-state index is 0.172. The third-order valence-electron chi connectivity index (χ3n) is 5.42. The van der Waals surface area contributed by atoms with Crippen LogP contribution in [0.3, 0.4) is 0 Å². The molecule has 4 heteroatoms. The molecule has 4 rings (SSSR count). The van der Waals surface area contributed by atoms with Crippen LogP contribution in [-0.4, -0.2) is 29.4 Å². The average Bonchev–Trinajstić information content (AvgIpc) is 3.23. The van der Waals surface area contributed by atoms with E-state index < -0.39 is 0 Å². The van der Waals surface area contributed by atoms with Crippen molar-refractivity contribution in [1.29, 1.82) is 0 Å². The van der Waals surface area contributed by atoms with E-state index in [1.54, 1.807) is 0 Å². The van der Waals surface area contributed by atoms with E-state index in [9.17, 15) is 4.79 Å². The lowest BCUT2D eigenvalue weighted by atomic mass is 9.87. The molecule has 21 heavy (non-hydrogen) atoms. The molecule has 3 aliphatic rings. The summed E-state index contributed by atoms with van der Waals surface area (Å²) < 4.78 is 0. The lowest BCUT2D eigenvalue weighted by molar-refractivity contribution is -0.137. The number of nitrogens with zero attached hydrogens (tertiary/aromatic N) is 1. The Bertz CT molecular complexity index is 561. The van der Waals surface area contributed by atoms with Crippen LogP contribution < -0.4 is 5.32 Å². The number of nitrogens with one attached hydrogen (secondary N) is 1. The average molecular weight is 305 g/mol. The fraction of sp³-hybridized carbons (Fsp3) is 0.588. The standard InChI is InChI=1S/C17H21ClN2O/c18-14-5-2-1-4-12(14)16-6-3-9-20(16)17(21)13-10-11-7-8-15(13)19-11/h1-2,4-5,11,13,15-16,19H,3,6-10H2. The number of halogens is 1. The van der Waals surface area contributed by atoms with E-state index in [-0.39, 0.29) is 12.0 Å². The molecule has 3 nitrogen and oxygen atoms in total. The van der Waals surface area contributed by atoms with Crippen LogP contribution in [0.5, 0.6) is 0 Å². The van der Waals surface area contributed by atoms with Gasteiger partial charge in [0.2, 0.25) is 5.91 Å². The van der Waals surface area contributed by atoms with Gasteiger partial charge in [-0.1, -0.05) is 29.8 Å². The molecule has 2 bridgehead atoms. The molecule has 1 aromatic rings. The first-order valence-electron chi connectivity index (χ1n) is 8.05. The van der Waals surface area contributed by atoms with E-state index in [1.165, 1.54) is 6.42 Å². The molecule has 0 saturated carbocycles. The van der Waals surface area contributed by atoms with Crippen LogP contribution in [0.15, 0.2) is 24.3 Å². The second kappa shape index (κ2) is 5.29. The number of hydrogen-bond acceptors (Lipinski definition) is 2. The zero-order chi connectivity index (χ0) is 14.4. The molecule has 0 spiro atoms. The SMILES string of the molecule is O=C(C1CC2CCC1N2)N1CCCC1c1ccccc1Cl. The highest BCUT2D eigenvalue weighted by Crippen LogP contribution is 2.40. The molecule has 0 aliphatic carbocycles. The molecule has 3 heterocycles. The summed E-state index contributed by atoms with van der Waals surface area (Å²) in [4.78, 5) is 15.1. The van der Waals surface area contributed by atoms with Gasteiger partial charge in [0.05, 0.1) is 12.0 Å². The van der Waals surface area contributed by atoms with Crippen molar-refractivity contribution in [1.82, 2.24) is 10.2 Å². The maximum Gasteiger partial charge on any atom is 0.227 e. The molecule has 1 amide bonds. The van der Waals surface area contributed by atoms with Crippen LogP contribution in [0.1, 0.15) is 43.7 Å². The van der Waals surface area contributed by atoms with Crippen LogP contribution >= 0.6 is 11.6 Å². The molecule has 3 saturated heterocycles. The van der Waals surface area contributed by atoms with Crippen LogP contribution in [0.25, 0.3) is 0 Å². The number of amides is 1. The quantitative estimate of drug-likeness (QED) is 0.910. The monoisotopic (exact) mass is 304 g/mol. The molecule has 3 aliphatic heterocycles. The molecule has 112 valence electrons. The van der Waals surface area contributed by atoms with Crippen molar-refractivity contribution in [3.8, 4) is 0 Å². The van der Waals surface area contributed by atoms with Crippen molar-refractivity contribution >= 4 is 17.5 Å². The summed E-state index contributed by atoms with van der Waals surface area (Å²) in [7, 11) is 0. The minimum Gasteiger partial charge on any atom is -0.335 e. The molecular formula is C17H21ClN2O. The van der Waals surface area contributed by atoms with E-state index in [0.29, 0.717) is 18.0 Å². The number of carbonyl (C=O) groups is 1. The maximum atomic E-state index is 13.0. The van der Waals surface area contributed by atoms with E-state index in [4.69, 9.17) is 11.6 Å². The van der Waals surface area contributed by atoms with Gasteiger partial charge in [-0.3, -0.25) is 4.79 Å². The Kier molecular flexibility index (Phi) is 3.43. The third-order valence-corrected chi connectivity index (χ3v) is 5.76. The highest BCUT2D eigenvalue weighted by atomic mass is 35.5. The minimum absolute atomic E-state index is 0.172. The second-order valence-corrected chi connectivity index (χ2v) is 7.01. The van der Waals surface area contributed by atoms with Crippen molar-refractivity contribution < 1.29 is 4.79 Å². The fourth-order valence-electron chi connectivity index (χ4n) is 4.41. The largest absolute Gasteiger partial charge is 0.335 e. The van der Waals surface area contributed by atoms with Crippen molar-refractivity contribution in [3.05, 3.63) is 34.9 Å². The van der Waals surface area contributed by atoms with Gasteiger partial charge in [-0.25, -0.2) is 0 Å². The zero-order valence-corrected chi connectivity index (χ0v) is 12.9. The number of fused-ring (bicyclic) bond motifs is 2. The van der Waals surface area contributed by atoms with Crippen molar-refractivity contribution in [3.63, 3.8) is 0 Å². The Morgan fingerprint density at radius 3 is 2.81 bits per heavy atom. The van der Waals surface area contributed by atoms with Crippen LogP contribution in [-0.2, 0) is 4.79 Å². The highest BCUT2D eigenvalue weighted by molar-refractivity contribution is 6.31. The maximum absolute atomic E-state index is 13.0. The molecule has 0 aromatic heterocycles. The summed E-state index contributed by atoms with van der Waals surface area (Å²) >= 11 is 6.35. The summed E-state index contributed by atoms with van der Waals surface area (Å²) in [5, 5.41) is 4.36. The number of carbonyl (C=O) groups excluding carboxylic acids is 1. The summed E-state index contributed by atoms with van der Waals surface area (Å²) in [5.41, 5.74) is 1.11. The predicted octanol–water partition coefficient (Wildman–Crippen LogP) is 3.14. The molecule has 1 aromatic carbocycles. The topological polar surface area (TPSA) is 32.3 Å². The lowest BCUT2D eigenvalue weighted by Crippen LogP contribution is -2.40.